The summed E-state index contributed by atoms with van der Waals surface area (Å²) in [6.45, 7) is 4.38. The van der Waals surface area contributed by atoms with Crippen molar-refractivity contribution in [1.82, 2.24) is 14.8 Å². The summed E-state index contributed by atoms with van der Waals surface area (Å²) in [5, 5.41) is 3.13. The number of halogens is 1. The van der Waals surface area contributed by atoms with Crippen LogP contribution in [-0.2, 0) is 16.1 Å². The number of aromatic nitrogens is 1. The number of piperazine rings is 1. The summed E-state index contributed by atoms with van der Waals surface area (Å²) in [6, 6.07) is 15.9. The van der Waals surface area contributed by atoms with Gasteiger partial charge in [-0.2, -0.15) is 0 Å². The molecule has 0 unspecified atom stereocenters. The number of nitrogens with two attached hydrogens (primary N) is 1. The molecule has 1 fully saturated rings. The van der Waals surface area contributed by atoms with Gasteiger partial charge in [-0.1, -0.05) is 30.3 Å². The maximum atomic E-state index is 13.3. The number of anilines is 1. The highest BCUT2D eigenvalue weighted by Gasteiger charge is 2.23. The molecule has 0 atom stereocenters. The fourth-order valence-corrected chi connectivity index (χ4v) is 4.76. The molecule has 1 aliphatic heterocycles. The minimum Gasteiger partial charge on any atom is -0.370 e. The van der Waals surface area contributed by atoms with Crippen LogP contribution < -0.4 is 10.6 Å². The summed E-state index contributed by atoms with van der Waals surface area (Å²) in [4.78, 5) is 35.0. The number of benzene rings is 2. The first-order valence-electron chi connectivity index (χ1n) is 11.3. The predicted octanol–water partition coefficient (Wildman–Crippen LogP) is 2.98. The quantitative estimate of drug-likeness (QED) is 0.508. The highest BCUT2D eigenvalue weighted by molar-refractivity contribution is 7.13. The van der Waals surface area contributed by atoms with Crippen LogP contribution in [-0.4, -0.2) is 65.9 Å². The molecule has 3 aromatic rings. The average molecular weight is 482 g/mol. The van der Waals surface area contributed by atoms with Gasteiger partial charge in [0.15, 0.2) is 0 Å². The molecule has 1 aliphatic rings. The molecule has 2 N–H and O–H groups in total. The first kappa shape index (κ1) is 24.0. The number of hydrogen-bond acceptors (Lipinski definition) is 6. The molecule has 9 heteroatoms. The Hall–Kier alpha value is -3.14. The maximum Gasteiger partial charge on any atom is 0.241 e. The lowest BCUT2D eigenvalue weighted by Gasteiger charge is -2.35. The van der Waals surface area contributed by atoms with Gasteiger partial charge >= 0.3 is 0 Å². The topological polar surface area (TPSA) is 82.8 Å². The van der Waals surface area contributed by atoms with Crippen LogP contribution in [0.5, 0.6) is 0 Å². The zero-order valence-corrected chi connectivity index (χ0v) is 19.7. The fraction of sp³-hybridized carbons (Fsp3) is 0.320. The maximum absolute atomic E-state index is 13.3. The molecule has 2 aromatic carbocycles. The van der Waals surface area contributed by atoms with E-state index in [4.69, 9.17) is 10.7 Å². The van der Waals surface area contributed by atoms with Gasteiger partial charge in [0.2, 0.25) is 11.8 Å². The lowest BCUT2D eigenvalue weighted by molar-refractivity contribution is -0.120. The predicted molar refractivity (Wildman–Crippen MR) is 132 cm³/mol. The number of hydrogen-bond donors (Lipinski definition) is 1. The van der Waals surface area contributed by atoms with E-state index in [1.807, 2.05) is 18.2 Å². The highest BCUT2D eigenvalue weighted by atomic mass is 32.1. The molecule has 1 aromatic heterocycles. The molecule has 0 spiro atoms. The van der Waals surface area contributed by atoms with Crippen LogP contribution in [0.3, 0.4) is 0 Å². The van der Waals surface area contributed by atoms with Crippen molar-refractivity contribution in [3.63, 3.8) is 0 Å². The third kappa shape index (κ3) is 6.47. The molecule has 2 heterocycles. The first-order chi connectivity index (χ1) is 16.5. The fourth-order valence-electron chi connectivity index (χ4n) is 3.94. The second-order valence-electron chi connectivity index (χ2n) is 8.30. The Kier molecular flexibility index (Phi) is 7.99. The summed E-state index contributed by atoms with van der Waals surface area (Å²) in [6.07, 6.45) is 0.0511. The molecular weight excluding hydrogens is 453 g/mol. The lowest BCUT2D eigenvalue weighted by atomic mass is 10.2. The Morgan fingerprint density at radius 2 is 1.68 bits per heavy atom. The third-order valence-corrected chi connectivity index (χ3v) is 6.74. The minimum absolute atomic E-state index is 0.0511. The highest BCUT2D eigenvalue weighted by Crippen LogP contribution is 2.24. The normalized spacial score (nSPS) is 14.7. The van der Waals surface area contributed by atoms with Gasteiger partial charge in [-0.15, -0.1) is 11.3 Å². The molecule has 34 heavy (non-hydrogen) atoms. The van der Waals surface area contributed by atoms with E-state index < -0.39 is 5.91 Å². The Bertz CT molecular complexity index is 1100. The number of rotatable bonds is 9. The standard InChI is InChI=1S/C25H28FN5O2S/c26-20-6-8-22(9-7-20)31(11-10-23(27)32)24(33)17-30-14-12-29(13-15-30)16-21-18-34-25(28-21)19-4-2-1-3-5-19/h1-9,18H,10-17H2,(H2,27,32). The van der Waals surface area contributed by atoms with Crippen molar-refractivity contribution in [2.45, 2.75) is 13.0 Å². The molecule has 2 amide bonds. The summed E-state index contributed by atoms with van der Waals surface area (Å²) in [5.41, 5.74) is 8.03. The van der Waals surface area contributed by atoms with Crippen molar-refractivity contribution in [3.8, 4) is 10.6 Å². The van der Waals surface area contributed by atoms with E-state index in [1.165, 1.54) is 17.0 Å². The van der Waals surface area contributed by atoms with Crippen LogP contribution in [0.25, 0.3) is 10.6 Å². The van der Waals surface area contributed by atoms with Crippen molar-refractivity contribution in [2.75, 3.05) is 44.2 Å². The molecule has 0 radical (unpaired) electrons. The number of amides is 2. The van der Waals surface area contributed by atoms with E-state index in [2.05, 4.69) is 27.3 Å². The first-order valence-corrected chi connectivity index (χ1v) is 12.1. The zero-order valence-electron chi connectivity index (χ0n) is 18.9. The Morgan fingerprint density at radius 3 is 2.35 bits per heavy atom. The zero-order chi connectivity index (χ0) is 23.9. The van der Waals surface area contributed by atoms with Crippen molar-refractivity contribution in [2.24, 2.45) is 5.73 Å². The second-order valence-corrected chi connectivity index (χ2v) is 9.16. The molecule has 1 saturated heterocycles. The molecule has 4 rings (SSSR count). The van der Waals surface area contributed by atoms with Gasteiger partial charge in [-0.3, -0.25) is 19.4 Å². The van der Waals surface area contributed by atoms with Gasteiger partial charge in [-0.25, -0.2) is 9.37 Å². The van der Waals surface area contributed by atoms with Crippen LogP contribution in [0.1, 0.15) is 12.1 Å². The van der Waals surface area contributed by atoms with E-state index in [9.17, 15) is 14.0 Å². The van der Waals surface area contributed by atoms with E-state index in [1.54, 1.807) is 23.5 Å². The van der Waals surface area contributed by atoms with Gasteiger partial charge < -0.3 is 10.6 Å². The monoisotopic (exact) mass is 481 g/mol. The Balaban J connectivity index is 1.30. The number of carbonyl (C=O) groups excluding carboxylic acids is 2. The summed E-state index contributed by atoms with van der Waals surface area (Å²) >= 11 is 1.65. The van der Waals surface area contributed by atoms with Crippen LogP contribution >= 0.6 is 11.3 Å². The van der Waals surface area contributed by atoms with Crippen LogP contribution in [0.4, 0.5) is 10.1 Å². The molecular formula is C25H28FN5O2S. The van der Waals surface area contributed by atoms with Crippen molar-refractivity contribution < 1.29 is 14.0 Å². The largest absolute Gasteiger partial charge is 0.370 e. The van der Waals surface area contributed by atoms with E-state index in [0.29, 0.717) is 5.69 Å². The molecule has 0 aliphatic carbocycles. The van der Waals surface area contributed by atoms with E-state index in [-0.39, 0.29) is 31.2 Å². The lowest BCUT2D eigenvalue weighted by Crippen LogP contribution is -2.50. The van der Waals surface area contributed by atoms with Crippen molar-refractivity contribution >= 4 is 28.8 Å². The van der Waals surface area contributed by atoms with Gasteiger partial charge in [0.25, 0.3) is 0 Å². The third-order valence-electron chi connectivity index (χ3n) is 5.80. The van der Waals surface area contributed by atoms with Crippen LogP contribution in [0, 0.1) is 5.82 Å². The number of carbonyl (C=O) groups is 2. The number of thiazole rings is 1. The van der Waals surface area contributed by atoms with Crippen molar-refractivity contribution in [1.29, 1.82) is 0 Å². The van der Waals surface area contributed by atoms with E-state index in [0.717, 1.165) is 49.0 Å². The van der Waals surface area contributed by atoms with Gasteiger partial charge in [0, 0.05) is 62.3 Å². The second kappa shape index (κ2) is 11.3. The van der Waals surface area contributed by atoms with E-state index >= 15 is 0 Å². The summed E-state index contributed by atoms with van der Waals surface area (Å²) in [5.74, 6) is -0.988. The summed E-state index contributed by atoms with van der Waals surface area (Å²) in [7, 11) is 0. The molecule has 0 bridgehead atoms. The molecule has 7 nitrogen and oxygen atoms in total. The average Bonchev–Trinajstić information content (AvgIpc) is 3.30. The van der Waals surface area contributed by atoms with Gasteiger partial charge in [0.05, 0.1) is 12.2 Å². The smallest absolute Gasteiger partial charge is 0.241 e. The van der Waals surface area contributed by atoms with Crippen molar-refractivity contribution in [3.05, 3.63) is 71.5 Å². The minimum atomic E-state index is -0.481. The van der Waals surface area contributed by atoms with Crippen LogP contribution in [0.2, 0.25) is 0 Å². The SMILES string of the molecule is NC(=O)CCN(C(=O)CN1CCN(Cc2csc(-c3ccccc3)n2)CC1)c1ccc(F)cc1. The Labute approximate surface area is 202 Å². The number of nitrogens with zero attached hydrogens (tertiary/aromatic N) is 4. The van der Waals surface area contributed by atoms with Gasteiger partial charge in [0.1, 0.15) is 10.8 Å². The summed E-state index contributed by atoms with van der Waals surface area (Å²) < 4.78 is 13.3. The Morgan fingerprint density at radius 1 is 1.00 bits per heavy atom. The van der Waals surface area contributed by atoms with Crippen LogP contribution in [0.15, 0.2) is 60.0 Å². The number of primary amides is 1. The molecule has 0 saturated carbocycles. The molecule has 178 valence electrons. The van der Waals surface area contributed by atoms with Gasteiger partial charge in [-0.05, 0) is 24.3 Å².